The third-order valence-electron chi connectivity index (χ3n) is 3.00. The monoisotopic (exact) mass is 243 g/mol. The standard InChI is InChI=1S/C13H13N3O2/c1-17-12-11(15-7-16-13(12)14)9-2-3-10-8(6-9)4-5-18-10/h2-3,6-7H,4-5H2,1H3,(H2,14,15,16). The maximum atomic E-state index is 5.78. The lowest BCUT2D eigenvalue weighted by atomic mass is 10.1. The normalized spacial score (nSPS) is 12.9. The molecule has 0 saturated heterocycles. The summed E-state index contributed by atoms with van der Waals surface area (Å²) in [7, 11) is 1.56. The average Bonchev–Trinajstić information content (AvgIpc) is 2.85. The molecule has 0 radical (unpaired) electrons. The van der Waals surface area contributed by atoms with Crippen molar-refractivity contribution in [2.24, 2.45) is 0 Å². The van der Waals surface area contributed by atoms with Crippen molar-refractivity contribution in [3.8, 4) is 22.8 Å². The Morgan fingerprint density at radius 1 is 1.33 bits per heavy atom. The summed E-state index contributed by atoms with van der Waals surface area (Å²) in [6.07, 6.45) is 2.36. The first-order valence-electron chi connectivity index (χ1n) is 5.70. The SMILES string of the molecule is COc1c(N)ncnc1-c1ccc2c(c1)CCO2. The van der Waals surface area contributed by atoms with Crippen molar-refractivity contribution in [1.82, 2.24) is 9.97 Å². The van der Waals surface area contributed by atoms with Gasteiger partial charge in [0.05, 0.1) is 13.7 Å². The molecule has 1 aliphatic heterocycles. The molecule has 5 heteroatoms. The van der Waals surface area contributed by atoms with Crippen LogP contribution in [0.5, 0.6) is 11.5 Å². The third-order valence-corrected chi connectivity index (χ3v) is 3.00. The number of anilines is 1. The molecule has 2 N–H and O–H groups in total. The molecule has 18 heavy (non-hydrogen) atoms. The van der Waals surface area contributed by atoms with E-state index in [1.165, 1.54) is 11.9 Å². The van der Waals surface area contributed by atoms with Crippen LogP contribution in [-0.4, -0.2) is 23.7 Å². The van der Waals surface area contributed by atoms with Gasteiger partial charge >= 0.3 is 0 Å². The molecule has 1 aromatic carbocycles. The topological polar surface area (TPSA) is 70.3 Å². The maximum Gasteiger partial charge on any atom is 0.187 e. The molecule has 5 nitrogen and oxygen atoms in total. The van der Waals surface area contributed by atoms with E-state index in [2.05, 4.69) is 16.0 Å². The first-order chi connectivity index (χ1) is 8.79. The van der Waals surface area contributed by atoms with E-state index < -0.39 is 0 Å². The molecule has 2 heterocycles. The molecule has 0 bridgehead atoms. The van der Waals surface area contributed by atoms with E-state index in [9.17, 15) is 0 Å². The third kappa shape index (κ3) is 1.64. The second-order valence-electron chi connectivity index (χ2n) is 4.06. The molecular weight excluding hydrogens is 230 g/mol. The van der Waals surface area contributed by atoms with Crippen molar-refractivity contribution < 1.29 is 9.47 Å². The van der Waals surface area contributed by atoms with Gasteiger partial charge in [0.25, 0.3) is 0 Å². The van der Waals surface area contributed by atoms with Gasteiger partial charge in [0.2, 0.25) is 0 Å². The van der Waals surface area contributed by atoms with Crippen LogP contribution in [-0.2, 0) is 6.42 Å². The molecule has 0 saturated carbocycles. The number of methoxy groups -OCH3 is 1. The van der Waals surface area contributed by atoms with Gasteiger partial charge in [-0.15, -0.1) is 0 Å². The number of fused-ring (bicyclic) bond motifs is 1. The number of ether oxygens (including phenoxy) is 2. The largest absolute Gasteiger partial charge is 0.493 e. The molecule has 3 rings (SSSR count). The lowest BCUT2D eigenvalue weighted by Crippen LogP contribution is -1.99. The summed E-state index contributed by atoms with van der Waals surface area (Å²) in [5.74, 6) is 1.80. The Morgan fingerprint density at radius 3 is 3.06 bits per heavy atom. The maximum absolute atomic E-state index is 5.78. The second-order valence-corrected chi connectivity index (χ2v) is 4.06. The predicted octanol–water partition coefficient (Wildman–Crippen LogP) is 1.67. The Bertz CT molecular complexity index is 599. The Balaban J connectivity index is 2.12. The molecule has 0 aliphatic carbocycles. The van der Waals surface area contributed by atoms with Crippen LogP contribution in [0.4, 0.5) is 5.82 Å². The highest BCUT2D eigenvalue weighted by atomic mass is 16.5. The predicted molar refractivity (Wildman–Crippen MR) is 67.6 cm³/mol. The first kappa shape index (κ1) is 10.8. The lowest BCUT2D eigenvalue weighted by Gasteiger charge is -2.09. The van der Waals surface area contributed by atoms with Crippen molar-refractivity contribution in [2.75, 3.05) is 19.5 Å². The first-order valence-corrected chi connectivity index (χ1v) is 5.70. The molecule has 0 spiro atoms. The van der Waals surface area contributed by atoms with Gasteiger partial charge in [0.15, 0.2) is 11.6 Å². The van der Waals surface area contributed by atoms with E-state index in [4.69, 9.17) is 15.2 Å². The van der Waals surface area contributed by atoms with Crippen LogP contribution in [0, 0.1) is 0 Å². The van der Waals surface area contributed by atoms with E-state index in [0.29, 0.717) is 17.3 Å². The summed E-state index contributed by atoms with van der Waals surface area (Å²) in [6, 6.07) is 5.97. The number of hydrogen-bond acceptors (Lipinski definition) is 5. The summed E-state index contributed by atoms with van der Waals surface area (Å²) >= 11 is 0. The van der Waals surface area contributed by atoms with Crippen LogP contribution < -0.4 is 15.2 Å². The highest BCUT2D eigenvalue weighted by Gasteiger charge is 2.16. The van der Waals surface area contributed by atoms with E-state index in [1.54, 1.807) is 7.11 Å². The quantitative estimate of drug-likeness (QED) is 0.868. The van der Waals surface area contributed by atoms with Crippen molar-refractivity contribution in [3.63, 3.8) is 0 Å². The van der Waals surface area contributed by atoms with Crippen LogP contribution >= 0.6 is 0 Å². The minimum Gasteiger partial charge on any atom is -0.493 e. The zero-order valence-electron chi connectivity index (χ0n) is 10.0. The minimum absolute atomic E-state index is 0.347. The average molecular weight is 243 g/mol. The number of aromatic nitrogens is 2. The summed E-state index contributed by atoms with van der Waals surface area (Å²) in [6.45, 7) is 0.738. The molecule has 92 valence electrons. The fraction of sp³-hybridized carbons (Fsp3) is 0.231. The van der Waals surface area contributed by atoms with E-state index in [0.717, 1.165) is 24.3 Å². The molecule has 0 fully saturated rings. The zero-order chi connectivity index (χ0) is 12.5. The second kappa shape index (κ2) is 4.18. The number of nitrogens with zero attached hydrogens (tertiary/aromatic N) is 2. The summed E-state index contributed by atoms with van der Waals surface area (Å²) in [5, 5.41) is 0. The molecule has 1 aromatic heterocycles. The molecule has 0 amide bonds. The van der Waals surface area contributed by atoms with Crippen molar-refractivity contribution >= 4 is 5.82 Å². The smallest absolute Gasteiger partial charge is 0.187 e. The lowest BCUT2D eigenvalue weighted by molar-refractivity contribution is 0.357. The Hall–Kier alpha value is -2.30. The van der Waals surface area contributed by atoms with Crippen molar-refractivity contribution in [1.29, 1.82) is 0 Å². The zero-order valence-corrected chi connectivity index (χ0v) is 10.0. The van der Waals surface area contributed by atoms with E-state index >= 15 is 0 Å². The Labute approximate surface area is 105 Å². The number of hydrogen-bond donors (Lipinski definition) is 1. The van der Waals surface area contributed by atoms with Crippen LogP contribution in [0.15, 0.2) is 24.5 Å². The highest BCUT2D eigenvalue weighted by molar-refractivity contribution is 5.72. The molecular formula is C13H13N3O2. The van der Waals surface area contributed by atoms with Gasteiger partial charge in [0.1, 0.15) is 17.8 Å². The van der Waals surface area contributed by atoms with Crippen LogP contribution in [0.2, 0.25) is 0 Å². The van der Waals surface area contributed by atoms with Gasteiger partial charge in [-0.1, -0.05) is 0 Å². The van der Waals surface area contributed by atoms with Crippen molar-refractivity contribution in [3.05, 3.63) is 30.1 Å². The van der Waals surface area contributed by atoms with Gasteiger partial charge in [-0.05, 0) is 23.8 Å². The van der Waals surface area contributed by atoms with Gasteiger partial charge in [0, 0.05) is 12.0 Å². The number of rotatable bonds is 2. The van der Waals surface area contributed by atoms with Gasteiger partial charge in [-0.3, -0.25) is 0 Å². The Morgan fingerprint density at radius 2 is 2.22 bits per heavy atom. The van der Waals surface area contributed by atoms with E-state index in [1.807, 2.05) is 12.1 Å². The van der Waals surface area contributed by atoms with Gasteiger partial charge < -0.3 is 15.2 Å². The van der Waals surface area contributed by atoms with E-state index in [-0.39, 0.29) is 0 Å². The fourth-order valence-electron chi connectivity index (χ4n) is 2.13. The fourth-order valence-corrected chi connectivity index (χ4v) is 2.13. The number of nitrogen functional groups attached to an aromatic ring is 1. The highest BCUT2D eigenvalue weighted by Crippen LogP contribution is 2.35. The molecule has 0 atom stereocenters. The Kier molecular flexibility index (Phi) is 2.51. The van der Waals surface area contributed by atoms with Crippen LogP contribution in [0.1, 0.15) is 5.56 Å². The van der Waals surface area contributed by atoms with Crippen LogP contribution in [0.25, 0.3) is 11.3 Å². The van der Waals surface area contributed by atoms with Gasteiger partial charge in [-0.2, -0.15) is 0 Å². The number of nitrogens with two attached hydrogens (primary N) is 1. The van der Waals surface area contributed by atoms with Crippen molar-refractivity contribution in [2.45, 2.75) is 6.42 Å². The summed E-state index contributed by atoms with van der Waals surface area (Å²) < 4.78 is 10.7. The number of benzene rings is 1. The minimum atomic E-state index is 0.347. The summed E-state index contributed by atoms with van der Waals surface area (Å²) in [5.41, 5.74) is 8.64. The van der Waals surface area contributed by atoms with Gasteiger partial charge in [-0.25, -0.2) is 9.97 Å². The van der Waals surface area contributed by atoms with Crippen LogP contribution in [0.3, 0.4) is 0 Å². The summed E-state index contributed by atoms with van der Waals surface area (Å²) in [4.78, 5) is 8.17. The molecule has 1 aliphatic rings. The molecule has 0 unspecified atom stereocenters. The molecule has 2 aromatic rings.